The lowest BCUT2D eigenvalue weighted by Crippen LogP contribution is -2.20. The standard InChI is InChI=1S/C10H16FN/c1-4-6-10(12)8(3)7-9(11)5-2/h4,7,10H,1,3,5-6,12H2,2H3/b9-7+. The van der Waals surface area contributed by atoms with E-state index in [1.165, 1.54) is 6.08 Å². The molecule has 0 aromatic heterocycles. The van der Waals surface area contributed by atoms with Gasteiger partial charge in [-0.2, -0.15) is 0 Å². The van der Waals surface area contributed by atoms with Crippen molar-refractivity contribution in [2.45, 2.75) is 25.8 Å². The Morgan fingerprint density at radius 3 is 2.67 bits per heavy atom. The molecule has 1 nitrogen and oxygen atoms in total. The van der Waals surface area contributed by atoms with Crippen LogP contribution in [0.2, 0.25) is 0 Å². The molecule has 1 atom stereocenters. The molecule has 1 unspecified atom stereocenters. The van der Waals surface area contributed by atoms with Gasteiger partial charge < -0.3 is 5.73 Å². The first kappa shape index (κ1) is 11.1. The van der Waals surface area contributed by atoms with Crippen molar-refractivity contribution in [1.29, 1.82) is 0 Å². The molecular weight excluding hydrogens is 153 g/mol. The van der Waals surface area contributed by atoms with E-state index in [0.717, 1.165) is 0 Å². The van der Waals surface area contributed by atoms with Crippen LogP contribution in [-0.2, 0) is 0 Å². The Kier molecular flexibility index (Phi) is 5.30. The van der Waals surface area contributed by atoms with E-state index >= 15 is 0 Å². The van der Waals surface area contributed by atoms with Gasteiger partial charge in [-0.25, -0.2) is 4.39 Å². The summed E-state index contributed by atoms with van der Waals surface area (Å²) >= 11 is 0. The maximum Gasteiger partial charge on any atom is 0.0999 e. The van der Waals surface area contributed by atoms with E-state index < -0.39 is 0 Å². The molecule has 0 saturated heterocycles. The molecule has 12 heavy (non-hydrogen) atoms. The third-order valence-electron chi connectivity index (χ3n) is 1.58. The quantitative estimate of drug-likeness (QED) is 0.497. The minimum absolute atomic E-state index is 0.181. The lowest BCUT2D eigenvalue weighted by molar-refractivity contribution is 0.601. The van der Waals surface area contributed by atoms with Crippen molar-refractivity contribution in [3.05, 3.63) is 36.7 Å². The van der Waals surface area contributed by atoms with E-state index in [1.54, 1.807) is 13.0 Å². The number of hydrogen-bond donors (Lipinski definition) is 1. The Morgan fingerprint density at radius 2 is 2.25 bits per heavy atom. The van der Waals surface area contributed by atoms with Gasteiger partial charge in [0.05, 0.1) is 5.83 Å². The molecule has 0 aliphatic heterocycles. The molecule has 0 fully saturated rings. The number of hydrogen-bond acceptors (Lipinski definition) is 1. The molecule has 0 heterocycles. The van der Waals surface area contributed by atoms with E-state index in [2.05, 4.69) is 13.2 Å². The molecule has 0 radical (unpaired) electrons. The zero-order valence-corrected chi connectivity index (χ0v) is 7.52. The zero-order chi connectivity index (χ0) is 9.56. The van der Waals surface area contributed by atoms with Crippen LogP contribution in [0.1, 0.15) is 19.8 Å². The Balaban J connectivity index is 4.11. The normalized spacial score (nSPS) is 14.1. The molecule has 0 bridgehead atoms. The summed E-state index contributed by atoms with van der Waals surface area (Å²) in [5, 5.41) is 0. The first-order valence-electron chi connectivity index (χ1n) is 4.03. The highest BCUT2D eigenvalue weighted by molar-refractivity contribution is 5.23. The summed E-state index contributed by atoms with van der Waals surface area (Å²) in [6.07, 6.45) is 4.12. The summed E-state index contributed by atoms with van der Waals surface area (Å²) < 4.78 is 12.7. The van der Waals surface area contributed by atoms with Crippen LogP contribution in [0.3, 0.4) is 0 Å². The minimum Gasteiger partial charge on any atom is -0.324 e. The van der Waals surface area contributed by atoms with Crippen molar-refractivity contribution in [1.82, 2.24) is 0 Å². The predicted molar refractivity (Wildman–Crippen MR) is 51.4 cm³/mol. The molecule has 2 N–H and O–H groups in total. The highest BCUT2D eigenvalue weighted by atomic mass is 19.1. The van der Waals surface area contributed by atoms with Crippen molar-refractivity contribution in [2.75, 3.05) is 0 Å². The van der Waals surface area contributed by atoms with E-state index in [9.17, 15) is 4.39 Å². The third kappa shape index (κ3) is 4.09. The van der Waals surface area contributed by atoms with Crippen LogP contribution in [0.15, 0.2) is 36.7 Å². The van der Waals surface area contributed by atoms with E-state index in [4.69, 9.17) is 5.73 Å². The predicted octanol–water partition coefficient (Wildman–Crippen LogP) is 2.71. The molecule has 0 amide bonds. The van der Waals surface area contributed by atoms with Crippen LogP contribution in [0.4, 0.5) is 4.39 Å². The zero-order valence-electron chi connectivity index (χ0n) is 7.52. The molecule has 68 valence electrons. The van der Waals surface area contributed by atoms with E-state index in [-0.39, 0.29) is 11.9 Å². The fraction of sp³-hybridized carbons (Fsp3) is 0.400. The molecule has 0 aliphatic carbocycles. The second-order valence-corrected chi connectivity index (χ2v) is 2.65. The summed E-state index contributed by atoms with van der Waals surface area (Å²) in [6, 6.07) is -0.209. The van der Waals surface area contributed by atoms with Crippen molar-refractivity contribution in [3.8, 4) is 0 Å². The highest BCUT2D eigenvalue weighted by Crippen LogP contribution is 2.10. The van der Waals surface area contributed by atoms with Gasteiger partial charge in [-0.3, -0.25) is 0 Å². The Hall–Kier alpha value is -0.890. The second-order valence-electron chi connectivity index (χ2n) is 2.65. The average Bonchev–Trinajstić information content (AvgIpc) is 2.04. The molecule has 0 aromatic rings. The fourth-order valence-electron chi connectivity index (χ4n) is 0.741. The van der Waals surface area contributed by atoms with Crippen molar-refractivity contribution in [3.63, 3.8) is 0 Å². The Morgan fingerprint density at radius 1 is 1.67 bits per heavy atom. The lowest BCUT2D eigenvalue weighted by atomic mass is 10.1. The van der Waals surface area contributed by atoms with Crippen LogP contribution < -0.4 is 5.73 Å². The molecule has 2 heteroatoms. The minimum atomic E-state index is -0.209. The van der Waals surface area contributed by atoms with Crippen molar-refractivity contribution >= 4 is 0 Å². The summed E-state index contributed by atoms with van der Waals surface area (Å²) in [5.74, 6) is -0.181. The summed E-state index contributed by atoms with van der Waals surface area (Å²) in [4.78, 5) is 0. The van der Waals surface area contributed by atoms with Crippen LogP contribution in [0.5, 0.6) is 0 Å². The van der Waals surface area contributed by atoms with Crippen LogP contribution >= 0.6 is 0 Å². The first-order chi connectivity index (χ1) is 5.61. The maximum absolute atomic E-state index is 12.7. The fourth-order valence-corrected chi connectivity index (χ4v) is 0.741. The van der Waals surface area contributed by atoms with E-state index in [1.807, 2.05) is 0 Å². The second kappa shape index (κ2) is 5.72. The molecule has 0 saturated carbocycles. The SMILES string of the molecule is C=CCC(N)C(=C)/C=C(/F)CC. The molecule has 0 rings (SSSR count). The van der Waals surface area contributed by atoms with Gasteiger partial charge in [0.25, 0.3) is 0 Å². The lowest BCUT2D eigenvalue weighted by Gasteiger charge is -2.08. The van der Waals surface area contributed by atoms with Crippen molar-refractivity contribution < 1.29 is 4.39 Å². The molecule has 0 spiro atoms. The summed E-state index contributed by atoms with van der Waals surface area (Å²) in [6.45, 7) is 8.97. The van der Waals surface area contributed by atoms with Gasteiger partial charge in [0, 0.05) is 6.04 Å². The molecule has 0 aromatic carbocycles. The molecule has 0 aliphatic rings. The van der Waals surface area contributed by atoms with Crippen molar-refractivity contribution in [2.24, 2.45) is 5.73 Å². The largest absolute Gasteiger partial charge is 0.324 e. The number of rotatable bonds is 5. The average molecular weight is 169 g/mol. The smallest absolute Gasteiger partial charge is 0.0999 e. The number of allylic oxidation sites excluding steroid dienone is 1. The van der Waals surface area contributed by atoms with Gasteiger partial charge in [0.1, 0.15) is 0 Å². The molecular formula is C10H16FN. The Bertz CT molecular complexity index is 194. The summed E-state index contributed by atoms with van der Waals surface area (Å²) in [7, 11) is 0. The Labute approximate surface area is 73.5 Å². The van der Waals surface area contributed by atoms with E-state index in [0.29, 0.717) is 18.4 Å². The van der Waals surface area contributed by atoms with Gasteiger partial charge in [0.2, 0.25) is 0 Å². The van der Waals surface area contributed by atoms with Crippen LogP contribution in [-0.4, -0.2) is 6.04 Å². The van der Waals surface area contributed by atoms with Gasteiger partial charge in [0.15, 0.2) is 0 Å². The maximum atomic E-state index is 12.7. The highest BCUT2D eigenvalue weighted by Gasteiger charge is 2.02. The topological polar surface area (TPSA) is 26.0 Å². The third-order valence-corrected chi connectivity index (χ3v) is 1.58. The van der Waals surface area contributed by atoms with Crippen LogP contribution in [0, 0.1) is 0 Å². The number of nitrogens with two attached hydrogens (primary N) is 1. The van der Waals surface area contributed by atoms with Gasteiger partial charge in [-0.05, 0) is 24.5 Å². The van der Waals surface area contributed by atoms with Gasteiger partial charge in [-0.15, -0.1) is 6.58 Å². The van der Waals surface area contributed by atoms with Gasteiger partial charge >= 0.3 is 0 Å². The monoisotopic (exact) mass is 169 g/mol. The number of halogens is 1. The summed E-state index contributed by atoms with van der Waals surface area (Å²) in [5.41, 5.74) is 6.27. The van der Waals surface area contributed by atoms with Gasteiger partial charge in [-0.1, -0.05) is 19.6 Å². The van der Waals surface area contributed by atoms with Crippen LogP contribution in [0.25, 0.3) is 0 Å². The first-order valence-corrected chi connectivity index (χ1v) is 4.03.